The normalized spacial score (nSPS) is 20.8. The third-order valence-electron chi connectivity index (χ3n) is 2.79. The van der Waals surface area contributed by atoms with Crippen LogP contribution in [0.2, 0.25) is 0 Å². The molecule has 0 bridgehead atoms. The fraction of sp³-hybridized carbons (Fsp3) is 0.889. The highest BCUT2D eigenvalue weighted by Gasteiger charge is 2.37. The first-order valence-electron chi connectivity index (χ1n) is 4.36. The van der Waals surface area contributed by atoms with Gasteiger partial charge in [0.1, 0.15) is 0 Å². The monoisotopic (exact) mass is 188 g/mol. The number of hydrogen-bond acceptors (Lipinski definition) is 2. The zero-order valence-electron chi connectivity index (χ0n) is 7.67. The van der Waals surface area contributed by atoms with Gasteiger partial charge in [-0.1, -0.05) is 0 Å². The first-order chi connectivity index (χ1) is 5.55. The Balaban J connectivity index is 2.59. The Morgan fingerprint density at radius 1 is 1.42 bits per heavy atom. The first kappa shape index (κ1) is 9.90. The van der Waals surface area contributed by atoms with Crippen LogP contribution in [-0.2, 0) is 4.79 Å². The van der Waals surface area contributed by atoms with Crippen molar-refractivity contribution in [2.75, 3.05) is 11.5 Å². The average molecular weight is 188 g/mol. The lowest BCUT2D eigenvalue weighted by Crippen LogP contribution is -2.34. The van der Waals surface area contributed by atoms with Crippen molar-refractivity contribution < 1.29 is 9.90 Å². The Morgan fingerprint density at radius 2 is 1.92 bits per heavy atom. The van der Waals surface area contributed by atoms with E-state index >= 15 is 0 Å². The molecule has 1 fully saturated rings. The number of aliphatic carboxylic acids is 1. The van der Waals surface area contributed by atoms with Crippen molar-refractivity contribution >= 4 is 17.7 Å². The Bertz CT molecular complexity index is 171. The number of carboxylic acids is 1. The van der Waals surface area contributed by atoms with Crippen LogP contribution in [0.1, 0.15) is 26.7 Å². The molecule has 0 aromatic heterocycles. The highest BCUT2D eigenvalue weighted by molar-refractivity contribution is 7.99. The van der Waals surface area contributed by atoms with E-state index in [2.05, 4.69) is 0 Å². The van der Waals surface area contributed by atoms with Crippen molar-refractivity contribution in [1.82, 2.24) is 0 Å². The molecule has 0 aromatic carbocycles. The SMILES string of the molecule is CC(C)(C(=O)O)C1CCSCC1. The van der Waals surface area contributed by atoms with E-state index in [0.717, 1.165) is 24.3 Å². The number of rotatable bonds is 2. The van der Waals surface area contributed by atoms with Crippen LogP contribution in [0.3, 0.4) is 0 Å². The van der Waals surface area contributed by atoms with Crippen LogP contribution in [0, 0.1) is 11.3 Å². The lowest BCUT2D eigenvalue weighted by atomic mass is 9.76. The number of carbonyl (C=O) groups is 1. The molecule has 1 aliphatic rings. The number of carboxylic acid groups (broad SMARTS) is 1. The van der Waals surface area contributed by atoms with E-state index in [0.29, 0.717) is 5.92 Å². The maximum atomic E-state index is 10.9. The number of hydrogen-bond donors (Lipinski definition) is 1. The van der Waals surface area contributed by atoms with E-state index in [4.69, 9.17) is 5.11 Å². The Morgan fingerprint density at radius 3 is 2.33 bits per heavy atom. The second-order valence-corrected chi connectivity index (χ2v) is 5.14. The molecule has 1 saturated heterocycles. The Kier molecular flexibility index (Phi) is 3.04. The highest BCUT2D eigenvalue weighted by Crippen LogP contribution is 2.37. The second kappa shape index (κ2) is 3.69. The standard InChI is InChI=1S/C9H16O2S/c1-9(2,8(10)11)7-3-5-12-6-4-7/h7H,3-6H2,1-2H3,(H,10,11). The third-order valence-corrected chi connectivity index (χ3v) is 3.84. The minimum absolute atomic E-state index is 0.372. The molecular formula is C9H16O2S. The summed E-state index contributed by atoms with van der Waals surface area (Å²) in [6, 6.07) is 0. The second-order valence-electron chi connectivity index (χ2n) is 3.91. The minimum atomic E-state index is -0.653. The zero-order valence-corrected chi connectivity index (χ0v) is 8.49. The van der Waals surface area contributed by atoms with Gasteiger partial charge in [0.15, 0.2) is 0 Å². The Labute approximate surface area is 77.7 Å². The molecule has 0 unspecified atom stereocenters. The van der Waals surface area contributed by atoms with Gasteiger partial charge in [-0.05, 0) is 44.1 Å². The van der Waals surface area contributed by atoms with Crippen molar-refractivity contribution in [3.8, 4) is 0 Å². The maximum absolute atomic E-state index is 10.9. The summed E-state index contributed by atoms with van der Waals surface area (Å²) in [5.41, 5.74) is -0.527. The molecule has 1 aliphatic heterocycles. The van der Waals surface area contributed by atoms with Crippen molar-refractivity contribution in [3.05, 3.63) is 0 Å². The molecule has 3 heteroatoms. The summed E-state index contributed by atoms with van der Waals surface area (Å²) in [7, 11) is 0. The van der Waals surface area contributed by atoms with Crippen molar-refractivity contribution in [2.24, 2.45) is 11.3 Å². The molecule has 0 aromatic rings. The Hall–Kier alpha value is -0.180. The number of thioether (sulfide) groups is 1. The molecule has 0 aliphatic carbocycles. The summed E-state index contributed by atoms with van der Waals surface area (Å²) in [5, 5.41) is 8.99. The minimum Gasteiger partial charge on any atom is -0.481 e. The summed E-state index contributed by atoms with van der Waals surface area (Å²) < 4.78 is 0. The predicted octanol–water partition coefficient (Wildman–Crippen LogP) is 2.24. The third kappa shape index (κ3) is 1.94. The van der Waals surface area contributed by atoms with Crippen LogP contribution >= 0.6 is 11.8 Å². The summed E-state index contributed by atoms with van der Waals surface area (Å²) >= 11 is 1.93. The van der Waals surface area contributed by atoms with Gasteiger partial charge in [-0.2, -0.15) is 11.8 Å². The molecule has 2 nitrogen and oxygen atoms in total. The fourth-order valence-corrected chi connectivity index (χ4v) is 2.70. The predicted molar refractivity (Wildman–Crippen MR) is 51.5 cm³/mol. The molecule has 0 amide bonds. The smallest absolute Gasteiger partial charge is 0.309 e. The lowest BCUT2D eigenvalue weighted by Gasteiger charge is -2.32. The molecule has 0 spiro atoms. The maximum Gasteiger partial charge on any atom is 0.309 e. The lowest BCUT2D eigenvalue weighted by molar-refractivity contribution is -0.150. The van der Waals surface area contributed by atoms with E-state index in [-0.39, 0.29) is 0 Å². The molecule has 1 N–H and O–H groups in total. The van der Waals surface area contributed by atoms with E-state index in [9.17, 15) is 4.79 Å². The summed E-state index contributed by atoms with van der Waals surface area (Å²) in [6.07, 6.45) is 2.12. The topological polar surface area (TPSA) is 37.3 Å². The fourth-order valence-electron chi connectivity index (χ4n) is 1.59. The average Bonchev–Trinajstić information content (AvgIpc) is 2.06. The van der Waals surface area contributed by atoms with Gasteiger partial charge in [-0.25, -0.2) is 0 Å². The molecule has 0 atom stereocenters. The van der Waals surface area contributed by atoms with Gasteiger partial charge in [-0.3, -0.25) is 4.79 Å². The molecular weight excluding hydrogens is 172 g/mol. The van der Waals surface area contributed by atoms with E-state index in [1.807, 2.05) is 25.6 Å². The molecule has 12 heavy (non-hydrogen) atoms. The van der Waals surface area contributed by atoms with E-state index in [1.165, 1.54) is 0 Å². The van der Waals surface area contributed by atoms with Gasteiger partial charge >= 0.3 is 5.97 Å². The van der Waals surface area contributed by atoms with Crippen LogP contribution in [0.4, 0.5) is 0 Å². The molecule has 0 radical (unpaired) electrons. The van der Waals surface area contributed by atoms with Gasteiger partial charge < -0.3 is 5.11 Å². The summed E-state index contributed by atoms with van der Waals surface area (Å²) in [6.45, 7) is 3.69. The molecule has 1 heterocycles. The van der Waals surface area contributed by atoms with E-state index < -0.39 is 11.4 Å². The van der Waals surface area contributed by atoms with E-state index in [1.54, 1.807) is 0 Å². The van der Waals surface area contributed by atoms with Crippen LogP contribution in [-0.4, -0.2) is 22.6 Å². The van der Waals surface area contributed by atoms with Gasteiger partial charge in [-0.15, -0.1) is 0 Å². The van der Waals surface area contributed by atoms with Crippen LogP contribution in [0.5, 0.6) is 0 Å². The van der Waals surface area contributed by atoms with Crippen LogP contribution < -0.4 is 0 Å². The summed E-state index contributed by atoms with van der Waals surface area (Å²) in [5.74, 6) is 1.97. The molecule has 70 valence electrons. The molecule has 0 saturated carbocycles. The summed E-state index contributed by atoms with van der Waals surface area (Å²) in [4.78, 5) is 10.9. The van der Waals surface area contributed by atoms with Crippen LogP contribution in [0.25, 0.3) is 0 Å². The van der Waals surface area contributed by atoms with Gasteiger partial charge in [0, 0.05) is 0 Å². The highest BCUT2D eigenvalue weighted by atomic mass is 32.2. The van der Waals surface area contributed by atoms with Gasteiger partial charge in [0.2, 0.25) is 0 Å². The van der Waals surface area contributed by atoms with Gasteiger partial charge in [0.05, 0.1) is 5.41 Å². The van der Waals surface area contributed by atoms with Crippen molar-refractivity contribution in [1.29, 1.82) is 0 Å². The van der Waals surface area contributed by atoms with Crippen molar-refractivity contribution in [2.45, 2.75) is 26.7 Å². The van der Waals surface area contributed by atoms with Gasteiger partial charge in [0.25, 0.3) is 0 Å². The first-order valence-corrected chi connectivity index (χ1v) is 5.51. The zero-order chi connectivity index (χ0) is 9.19. The largest absolute Gasteiger partial charge is 0.481 e. The molecule has 1 rings (SSSR count). The van der Waals surface area contributed by atoms with Crippen LogP contribution in [0.15, 0.2) is 0 Å². The van der Waals surface area contributed by atoms with Crippen molar-refractivity contribution in [3.63, 3.8) is 0 Å². The quantitative estimate of drug-likeness (QED) is 0.722.